The number of fused-ring (bicyclic) bond motifs is 3. The predicted molar refractivity (Wildman–Crippen MR) is 104 cm³/mol. The summed E-state index contributed by atoms with van der Waals surface area (Å²) in [5.41, 5.74) is 4.86. The second-order valence-corrected chi connectivity index (χ2v) is 8.36. The molecule has 1 spiro atoms. The topological polar surface area (TPSA) is 66.8 Å². The first-order valence-electron chi connectivity index (χ1n) is 9.89. The molecule has 5 rings (SSSR count). The molecule has 2 aromatic rings. The molecule has 2 fully saturated rings. The van der Waals surface area contributed by atoms with Crippen LogP contribution in [0.4, 0.5) is 4.79 Å². The zero-order valence-corrected chi connectivity index (χ0v) is 15.6. The summed E-state index contributed by atoms with van der Waals surface area (Å²) in [6.07, 6.45) is 1.88. The number of likely N-dealkylation sites (tertiary alicyclic amines) is 1. The number of hydrogen-bond acceptors (Lipinski definition) is 3. The third kappa shape index (κ3) is 2.60. The Morgan fingerprint density at radius 3 is 2.18 bits per heavy atom. The summed E-state index contributed by atoms with van der Waals surface area (Å²) in [6.45, 7) is 1.58. The molecule has 1 atom stereocenters. The molecular weight excluding hydrogens is 354 g/mol. The Bertz CT molecular complexity index is 902. The summed E-state index contributed by atoms with van der Waals surface area (Å²) >= 11 is 0. The second kappa shape index (κ2) is 6.36. The first-order chi connectivity index (χ1) is 13.6. The van der Waals surface area contributed by atoms with Crippen molar-refractivity contribution < 1.29 is 19.4 Å². The maximum absolute atomic E-state index is 12.6. The lowest BCUT2D eigenvalue weighted by molar-refractivity contribution is -0.148. The molecule has 0 bridgehead atoms. The van der Waals surface area contributed by atoms with Gasteiger partial charge in [-0.25, -0.2) is 4.79 Å². The van der Waals surface area contributed by atoms with Gasteiger partial charge < -0.3 is 14.7 Å². The van der Waals surface area contributed by atoms with E-state index in [1.54, 1.807) is 4.90 Å². The molecule has 2 aromatic carbocycles. The number of carboxylic acids is 1. The quantitative estimate of drug-likeness (QED) is 0.870. The Morgan fingerprint density at radius 1 is 1.04 bits per heavy atom. The van der Waals surface area contributed by atoms with Gasteiger partial charge in [0.2, 0.25) is 0 Å². The van der Waals surface area contributed by atoms with Crippen LogP contribution in [0, 0.1) is 11.3 Å². The molecule has 28 heavy (non-hydrogen) atoms. The van der Waals surface area contributed by atoms with Crippen LogP contribution in [0.3, 0.4) is 0 Å². The Kier molecular flexibility index (Phi) is 3.93. The molecule has 1 N–H and O–H groups in total. The molecule has 1 amide bonds. The van der Waals surface area contributed by atoms with Crippen LogP contribution in [-0.4, -0.2) is 41.8 Å². The highest BCUT2D eigenvalue weighted by Gasteiger charge is 2.56. The number of hydrogen-bond donors (Lipinski definition) is 1. The Morgan fingerprint density at radius 2 is 1.64 bits per heavy atom. The highest BCUT2D eigenvalue weighted by atomic mass is 16.6. The van der Waals surface area contributed by atoms with Gasteiger partial charge in [-0.2, -0.15) is 0 Å². The van der Waals surface area contributed by atoms with Gasteiger partial charge in [0.15, 0.2) is 0 Å². The average molecular weight is 377 g/mol. The van der Waals surface area contributed by atoms with Crippen LogP contribution in [0.2, 0.25) is 0 Å². The molecule has 1 saturated heterocycles. The first kappa shape index (κ1) is 17.3. The van der Waals surface area contributed by atoms with E-state index in [4.69, 9.17) is 9.84 Å². The second-order valence-electron chi connectivity index (χ2n) is 8.36. The Balaban J connectivity index is 1.23. The van der Waals surface area contributed by atoms with Gasteiger partial charge >= 0.3 is 12.1 Å². The third-order valence-corrected chi connectivity index (χ3v) is 6.88. The number of amides is 1. The summed E-state index contributed by atoms with van der Waals surface area (Å²) in [4.78, 5) is 25.3. The highest BCUT2D eigenvalue weighted by molar-refractivity contribution is 5.79. The van der Waals surface area contributed by atoms with E-state index in [0.717, 1.165) is 12.8 Å². The van der Waals surface area contributed by atoms with Gasteiger partial charge in [-0.05, 0) is 41.0 Å². The van der Waals surface area contributed by atoms with Gasteiger partial charge in [-0.3, -0.25) is 4.79 Å². The normalized spacial score (nSPS) is 21.4. The van der Waals surface area contributed by atoms with Crippen LogP contribution >= 0.6 is 0 Å². The van der Waals surface area contributed by atoms with Gasteiger partial charge in [0.1, 0.15) is 6.61 Å². The van der Waals surface area contributed by atoms with Gasteiger partial charge in [-0.1, -0.05) is 48.5 Å². The highest BCUT2D eigenvalue weighted by Crippen LogP contribution is 2.54. The number of rotatable bonds is 4. The summed E-state index contributed by atoms with van der Waals surface area (Å²) in [7, 11) is 0. The number of carbonyl (C=O) groups excluding carboxylic acids is 1. The lowest BCUT2D eigenvalue weighted by Crippen LogP contribution is -2.66. The van der Waals surface area contributed by atoms with E-state index >= 15 is 0 Å². The van der Waals surface area contributed by atoms with Crippen molar-refractivity contribution in [3.05, 3.63) is 59.7 Å². The molecule has 0 radical (unpaired) electrons. The predicted octanol–water partition coefficient (Wildman–Crippen LogP) is 4.12. The number of carbonyl (C=O) groups is 2. The van der Waals surface area contributed by atoms with E-state index in [2.05, 4.69) is 24.3 Å². The lowest BCUT2D eigenvalue weighted by Gasteiger charge is -2.60. The van der Waals surface area contributed by atoms with Crippen molar-refractivity contribution in [3.8, 4) is 11.1 Å². The van der Waals surface area contributed by atoms with Crippen LogP contribution in [0.5, 0.6) is 0 Å². The molecule has 144 valence electrons. The van der Waals surface area contributed by atoms with Gasteiger partial charge in [-0.15, -0.1) is 0 Å². The number of carboxylic acid groups (broad SMARTS) is 1. The van der Waals surface area contributed by atoms with Gasteiger partial charge in [0.05, 0.1) is 0 Å². The SMILES string of the molecule is O=C(O)CC1CCC12CN(C(=O)OCC1c3ccccc3-c3ccccc31)C2. The van der Waals surface area contributed by atoms with E-state index in [0.29, 0.717) is 19.7 Å². The first-order valence-corrected chi connectivity index (χ1v) is 9.89. The summed E-state index contributed by atoms with van der Waals surface area (Å²) in [5, 5.41) is 9.04. The summed E-state index contributed by atoms with van der Waals surface area (Å²) in [5.74, 6) is -0.485. The average Bonchev–Trinajstić information content (AvgIpc) is 2.96. The molecule has 3 aliphatic rings. The van der Waals surface area contributed by atoms with Crippen LogP contribution in [0.25, 0.3) is 11.1 Å². The minimum Gasteiger partial charge on any atom is -0.481 e. The molecule has 1 saturated carbocycles. The van der Waals surface area contributed by atoms with E-state index in [9.17, 15) is 9.59 Å². The third-order valence-electron chi connectivity index (χ3n) is 6.88. The number of benzene rings is 2. The fraction of sp³-hybridized carbons (Fsp3) is 0.391. The van der Waals surface area contributed by atoms with E-state index < -0.39 is 5.97 Å². The standard InChI is InChI=1S/C23H23NO4/c25-21(26)11-15-9-10-23(15)13-24(14-23)22(27)28-12-20-18-7-3-1-5-16(18)17-6-2-4-8-19(17)20/h1-8,15,20H,9-14H2,(H,25,26). The van der Waals surface area contributed by atoms with Crippen molar-refractivity contribution in [1.29, 1.82) is 0 Å². The maximum atomic E-state index is 12.6. The van der Waals surface area contributed by atoms with E-state index in [-0.39, 0.29) is 29.8 Å². The van der Waals surface area contributed by atoms with Crippen LogP contribution in [0.15, 0.2) is 48.5 Å². The number of ether oxygens (including phenoxy) is 1. The van der Waals surface area contributed by atoms with Crippen LogP contribution in [-0.2, 0) is 9.53 Å². The van der Waals surface area contributed by atoms with Crippen molar-refractivity contribution in [1.82, 2.24) is 4.90 Å². The largest absolute Gasteiger partial charge is 0.481 e. The van der Waals surface area contributed by atoms with Crippen LogP contribution in [0.1, 0.15) is 36.3 Å². The van der Waals surface area contributed by atoms with Gasteiger partial charge in [0, 0.05) is 30.8 Å². The van der Waals surface area contributed by atoms with Crippen molar-refractivity contribution in [2.45, 2.75) is 25.2 Å². The van der Waals surface area contributed by atoms with Crippen molar-refractivity contribution >= 4 is 12.1 Å². The number of nitrogens with zero attached hydrogens (tertiary/aromatic N) is 1. The molecule has 1 unspecified atom stereocenters. The molecule has 2 aliphatic carbocycles. The van der Waals surface area contributed by atoms with Gasteiger partial charge in [0.25, 0.3) is 0 Å². The molecule has 5 heteroatoms. The number of aliphatic carboxylic acids is 1. The smallest absolute Gasteiger partial charge is 0.409 e. The minimum absolute atomic E-state index is 0.0178. The van der Waals surface area contributed by atoms with Crippen molar-refractivity contribution in [3.63, 3.8) is 0 Å². The van der Waals surface area contributed by atoms with Crippen LogP contribution < -0.4 is 0 Å². The van der Waals surface area contributed by atoms with E-state index in [1.165, 1.54) is 22.3 Å². The lowest BCUT2D eigenvalue weighted by atomic mass is 9.55. The Hall–Kier alpha value is -2.82. The molecule has 1 heterocycles. The fourth-order valence-electron chi connectivity index (χ4n) is 5.23. The summed E-state index contributed by atoms with van der Waals surface area (Å²) < 4.78 is 5.69. The minimum atomic E-state index is -0.747. The van der Waals surface area contributed by atoms with Crippen molar-refractivity contribution in [2.24, 2.45) is 11.3 Å². The molecule has 1 aliphatic heterocycles. The Labute approximate surface area is 163 Å². The molecular formula is C23H23NO4. The molecule has 5 nitrogen and oxygen atoms in total. The van der Waals surface area contributed by atoms with Crippen molar-refractivity contribution in [2.75, 3.05) is 19.7 Å². The van der Waals surface area contributed by atoms with E-state index in [1.807, 2.05) is 24.3 Å². The maximum Gasteiger partial charge on any atom is 0.409 e. The monoisotopic (exact) mass is 377 g/mol. The fourth-order valence-corrected chi connectivity index (χ4v) is 5.23. The zero-order chi connectivity index (χ0) is 19.3. The summed E-state index contributed by atoms with van der Waals surface area (Å²) in [6, 6.07) is 16.6. The zero-order valence-electron chi connectivity index (χ0n) is 15.6. The molecule has 0 aromatic heterocycles.